The summed E-state index contributed by atoms with van der Waals surface area (Å²) in [5.74, 6) is -0.934. The summed E-state index contributed by atoms with van der Waals surface area (Å²) in [6, 6.07) is 0.138. The molecule has 0 saturated heterocycles. The van der Waals surface area contributed by atoms with E-state index in [-0.39, 0.29) is 12.1 Å². The van der Waals surface area contributed by atoms with Crippen LogP contribution in [0.1, 0.15) is 27.7 Å². The van der Waals surface area contributed by atoms with Gasteiger partial charge in [0.1, 0.15) is 0 Å². The molecule has 0 aliphatic carbocycles. The third-order valence-corrected chi connectivity index (χ3v) is 2.06. The number of hydrogen-bond acceptors (Lipinski definition) is 5. The Morgan fingerprint density at radius 3 is 2.00 bits per heavy atom. The first-order valence-electron chi connectivity index (χ1n) is 5.03. The number of carbonyl (C=O) groups is 1. The van der Waals surface area contributed by atoms with Gasteiger partial charge in [0, 0.05) is 12.1 Å². The Morgan fingerprint density at radius 2 is 1.75 bits per heavy atom. The maximum atomic E-state index is 11.2. The van der Waals surface area contributed by atoms with Gasteiger partial charge in [0.25, 0.3) is 0 Å². The molecule has 0 spiro atoms. The van der Waals surface area contributed by atoms with E-state index in [1.54, 1.807) is 4.90 Å². The van der Waals surface area contributed by atoms with E-state index in [2.05, 4.69) is 4.74 Å². The predicted octanol–water partition coefficient (Wildman–Crippen LogP) is 1.40. The van der Waals surface area contributed by atoms with Crippen LogP contribution in [0.3, 0.4) is 0 Å². The Balaban J connectivity index is 5.16. The Kier molecular flexibility index (Phi) is 5.49. The quantitative estimate of drug-likeness (QED) is 0.309. The topological polar surface area (TPSA) is 72.7 Å². The van der Waals surface area contributed by atoms with Crippen LogP contribution in [0.15, 0.2) is 11.9 Å². The average molecular weight is 230 g/mol. The molecule has 0 aromatic carbocycles. The summed E-state index contributed by atoms with van der Waals surface area (Å²) in [5.41, 5.74) is -0.551. The van der Waals surface area contributed by atoms with Crippen LogP contribution in [0.4, 0.5) is 0 Å². The molecule has 0 aliphatic heterocycles. The highest BCUT2D eigenvalue weighted by Gasteiger charge is 2.25. The fraction of sp³-hybridized carbons (Fsp3) is 0.700. The van der Waals surface area contributed by atoms with Crippen LogP contribution in [0.25, 0.3) is 0 Å². The van der Waals surface area contributed by atoms with Crippen LogP contribution < -0.4 is 0 Å². The SMILES string of the molecule is COC(=O)/C(=C/N(C(C)C)C(C)C)[N+](=O)[O-]. The number of hydrogen-bond donors (Lipinski definition) is 0. The fourth-order valence-electron chi connectivity index (χ4n) is 1.31. The summed E-state index contributed by atoms with van der Waals surface area (Å²) in [6.45, 7) is 7.58. The summed E-state index contributed by atoms with van der Waals surface area (Å²) < 4.78 is 4.36. The summed E-state index contributed by atoms with van der Waals surface area (Å²) in [5, 5.41) is 10.7. The number of carbonyl (C=O) groups excluding carboxylic acids is 1. The van der Waals surface area contributed by atoms with Crippen LogP contribution in [0, 0.1) is 10.1 Å². The molecule has 0 amide bonds. The standard InChI is InChI=1S/C10H18N2O4/c1-7(2)11(8(3)4)6-9(12(14)15)10(13)16-5/h6-8H,1-5H3/b9-6-. The molecule has 0 aromatic heterocycles. The highest BCUT2D eigenvalue weighted by Crippen LogP contribution is 2.10. The lowest BCUT2D eigenvalue weighted by Gasteiger charge is -2.28. The van der Waals surface area contributed by atoms with Crippen molar-refractivity contribution in [1.29, 1.82) is 0 Å². The van der Waals surface area contributed by atoms with Crippen molar-refractivity contribution in [2.45, 2.75) is 39.8 Å². The molecule has 0 saturated carbocycles. The van der Waals surface area contributed by atoms with E-state index < -0.39 is 16.6 Å². The fourth-order valence-corrected chi connectivity index (χ4v) is 1.31. The van der Waals surface area contributed by atoms with Crippen molar-refractivity contribution in [3.8, 4) is 0 Å². The Hall–Kier alpha value is -1.59. The molecule has 0 aliphatic rings. The molecule has 92 valence electrons. The van der Waals surface area contributed by atoms with Crippen molar-refractivity contribution in [2.24, 2.45) is 0 Å². The highest BCUT2D eigenvalue weighted by molar-refractivity contribution is 5.85. The van der Waals surface area contributed by atoms with Crippen molar-refractivity contribution >= 4 is 5.97 Å². The van der Waals surface area contributed by atoms with Crippen molar-refractivity contribution < 1.29 is 14.5 Å². The Labute approximate surface area is 95.0 Å². The second kappa shape index (κ2) is 6.09. The summed E-state index contributed by atoms with van der Waals surface area (Å²) in [6.07, 6.45) is 1.24. The molecule has 16 heavy (non-hydrogen) atoms. The van der Waals surface area contributed by atoms with E-state index in [0.29, 0.717) is 0 Å². The lowest BCUT2D eigenvalue weighted by molar-refractivity contribution is -0.422. The van der Waals surface area contributed by atoms with Crippen LogP contribution in [-0.2, 0) is 9.53 Å². The number of nitro groups is 1. The van der Waals surface area contributed by atoms with Gasteiger partial charge in [-0.2, -0.15) is 0 Å². The zero-order valence-electron chi connectivity index (χ0n) is 10.3. The molecule has 0 heterocycles. The van der Waals surface area contributed by atoms with Gasteiger partial charge in [-0.15, -0.1) is 0 Å². The molecule has 0 rings (SSSR count). The van der Waals surface area contributed by atoms with E-state index in [1.807, 2.05) is 27.7 Å². The van der Waals surface area contributed by atoms with Gasteiger partial charge in [-0.3, -0.25) is 10.1 Å². The van der Waals surface area contributed by atoms with Gasteiger partial charge in [-0.05, 0) is 27.7 Å². The van der Waals surface area contributed by atoms with Crippen LogP contribution >= 0.6 is 0 Å². The zero-order chi connectivity index (χ0) is 12.9. The third kappa shape index (κ3) is 3.88. The van der Waals surface area contributed by atoms with Crippen molar-refractivity contribution in [2.75, 3.05) is 7.11 Å². The van der Waals surface area contributed by atoms with Crippen molar-refractivity contribution in [3.05, 3.63) is 22.0 Å². The van der Waals surface area contributed by atoms with E-state index in [0.717, 1.165) is 7.11 Å². The molecular weight excluding hydrogens is 212 g/mol. The minimum atomic E-state index is -0.934. The Bertz CT molecular complexity index is 289. The molecule has 0 N–H and O–H groups in total. The lowest BCUT2D eigenvalue weighted by Crippen LogP contribution is -2.33. The highest BCUT2D eigenvalue weighted by atomic mass is 16.6. The first kappa shape index (κ1) is 14.4. The van der Waals surface area contributed by atoms with Gasteiger partial charge in [0.05, 0.1) is 18.2 Å². The zero-order valence-corrected chi connectivity index (χ0v) is 10.3. The molecule has 0 fully saturated rings. The Morgan fingerprint density at radius 1 is 1.31 bits per heavy atom. The van der Waals surface area contributed by atoms with Gasteiger partial charge >= 0.3 is 11.7 Å². The van der Waals surface area contributed by atoms with E-state index >= 15 is 0 Å². The molecule has 0 bridgehead atoms. The summed E-state index contributed by atoms with van der Waals surface area (Å²) in [4.78, 5) is 22.9. The summed E-state index contributed by atoms with van der Waals surface area (Å²) >= 11 is 0. The largest absolute Gasteiger partial charge is 0.461 e. The lowest BCUT2D eigenvalue weighted by atomic mass is 10.2. The van der Waals surface area contributed by atoms with Crippen LogP contribution in [0.5, 0.6) is 0 Å². The minimum absolute atomic E-state index is 0.0691. The number of esters is 1. The first-order valence-corrected chi connectivity index (χ1v) is 5.03. The predicted molar refractivity (Wildman–Crippen MR) is 59.2 cm³/mol. The summed E-state index contributed by atoms with van der Waals surface area (Å²) in [7, 11) is 1.12. The second-order valence-corrected chi connectivity index (χ2v) is 3.90. The normalized spacial score (nSPS) is 11.8. The van der Waals surface area contributed by atoms with Crippen molar-refractivity contribution in [1.82, 2.24) is 4.90 Å². The maximum Gasteiger partial charge on any atom is 0.411 e. The minimum Gasteiger partial charge on any atom is -0.461 e. The molecule has 6 heteroatoms. The smallest absolute Gasteiger partial charge is 0.411 e. The maximum absolute atomic E-state index is 11.2. The molecule has 0 atom stereocenters. The molecule has 6 nitrogen and oxygen atoms in total. The van der Waals surface area contributed by atoms with E-state index in [4.69, 9.17) is 0 Å². The molecular formula is C10H18N2O4. The van der Waals surface area contributed by atoms with Crippen molar-refractivity contribution in [3.63, 3.8) is 0 Å². The van der Waals surface area contributed by atoms with Gasteiger partial charge in [0.15, 0.2) is 0 Å². The average Bonchev–Trinajstić information content (AvgIpc) is 2.15. The molecule has 0 aromatic rings. The van der Waals surface area contributed by atoms with Gasteiger partial charge < -0.3 is 9.64 Å². The molecule has 0 radical (unpaired) electrons. The number of ether oxygens (including phenoxy) is 1. The number of rotatable bonds is 5. The van der Waals surface area contributed by atoms with E-state index in [1.165, 1.54) is 6.20 Å². The third-order valence-electron chi connectivity index (χ3n) is 2.06. The van der Waals surface area contributed by atoms with Gasteiger partial charge in [0.2, 0.25) is 0 Å². The van der Waals surface area contributed by atoms with Gasteiger partial charge in [-0.25, -0.2) is 4.79 Å². The van der Waals surface area contributed by atoms with E-state index in [9.17, 15) is 14.9 Å². The van der Waals surface area contributed by atoms with Crippen LogP contribution in [-0.4, -0.2) is 35.0 Å². The number of methoxy groups -OCH3 is 1. The first-order chi connectivity index (χ1) is 7.31. The van der Waals surface area contributed by atoms with Crippen LogP contribution in [0.2, 0.25) is 0 Å². The second-order valence-electron chi connectivity index (χ2n) is 3.90. The molecule has 0 unspecified atom stereocenters. The van der Waals surface area contributed by atoms with Gasteiger partial charge in [-0.1, -0.05) is 0 Å². The number of nitrogens with zero attached hydrogens (tertiary/aromatic N) is 2. The monoisotopic (exact) mass is 230 g/mol.